The molecule has 0 aliphatic heterocycles. The van der Waals surface area contributed by atoms with Crippen LogP contribution in [-0.4, -0.2) is 4.98 Å². The molecule has 18 heavy (non-hydrogen) atoms. The molecule has 1 aromatic heterocycles. The van der Waals surface area contributed by atoms with Gasteiger partial charge in [0.15, 0.2) is 0 Å². The maximum absolute atomic E-state index is 12.9. The van der Waals surface area contributed by atoms with E-state index in [2.05, 4.69) is 22.6 Å². The fraction of sp³-hybridized carbons (Fsp3) is 0.357. The van der Waals surface area contributed by atoms with E-state index in [9.17, 15) is 4.39 Å². The molecule has 0 aliphatic rings. The second kappa shape index (κ2) is 6.07. The molecule has 1 aromatic carbocycles. The normalized spacial score (nSPS) is 12.6. The van der Waals surface area contributed by atoms with E-state index in [1.54, 1.807) is 11.3 Å². The van der Waals surface area contributed by atoms with E-state index in [1.807, 2.05) is 19.1 Å². The van der Waals surface area contributed by atoms with Gasteiger partial charge in [0, 0.05) is 18.0 Å². The Labute approximate surface area is 111 Å². The Balaban J connectivity index is 1.99. The first-order valence-electron chi connectivity index (χ1n) is 6.09. The second-order valence-electron chi connectivity index (χ2n) is 4.25. The van der Waals surface area contributed by atoms with E-state index in [0.717, 1.165) is 29.2 Å². The molecule has 0 bridgehead atoms. The zero-order chi connectivity index (χ0) is 13.0. The molecule has 1 heterocycles. The van der Waals surface area contributed by atoms with Crippen molar-refractivity contribution in [3.63, 3.8) is 0 Å². The molecule has 0 fully saturated rings. The Morgan fingerprint density at radius 2 is 2.06 bits per heavy atom. The molecule has 0 radical (unpaired) electrons. The molecule has 1 atom stereocenters. The van der Waals surface area contributed by atoms with E-state index in [0.29, 0.717) is 0 Å². The highest BCUT2D eigenvalue weighted by Gasteiger charge is 2.09. The number of hydrogen-bond donors (Lipinski definition) is 1. The second-order valence-corrected chi connectivity index (χ2v) is 5.31. The maximum Gasteiger partial charge on any atom is 0.123 e. The van der Waals surface area contributed by atoms with Gasteiger partial charge in [-0.15, -0.1) is 11.3 Å². The Kier molecular flexibility index (Phi) is 4.44. The van der Waals surface area contributed by atoms with Gasteiger partial charge in [-0.25, -0.2) is 9.37 Å². The number of halogens is 1. The molecule has 1 N–H and O–H groups in total. The molecule has 0 spiro atoms. The third kappa shape index (κ3) is 3.37. The highest BCUT2D eigenvalue weighted by Crippen LogP contribution is 2.18. The summed E-state index contributed by atoms with van der Waals surface area (Å²) < 4.78 is 12.9. The van der Waals surface area contributed by atoms with Crippen LogP contribution in [-0.2, 0) is 6.54 Å². The summed E-state index contributed by atoms with van der Waals surface area (Å²) in [6.45, 7) is 4.87. The van der Waals surface area contributed by atoms with Gasteiger partial charge in [-0.1, -0.05) is 19.1 Å². The largest absolute Gasteiger partial charge is 0.304 e. The number of aromatic nitrogens is 1. The number of hydrogen-bond acceptors (Lipinski definition) is 3. The van der Waals surface area contributed by atoms with Gasteiger partial charge in [0.2, 0.25) is 0 Å². The predicted octanol–water partition coefficient (Wildman–Crippen LogP) is 3.83. The molecule has 96 valence electrons. The molecule has 2 aromatic rings. The van der Waals surface area contributed by atoms with Crippen molar-refractivity contribution in [1.29, 1.82) is 0 Å². The lowest BCUT2D eigenvalue weighted by Gasteiger charge is -2.16. The summed E-state index contributed by atoms with van der Waals surface area (Å²) in [4.78, 5) is 4.42. The standard InChI is InChI=1S/C14H17FN2S/c1-3-14(11-4-6-12(15)7-5-11)16-8-13-9-18-10(2)17-13/h4-7,9,14,16H,3,8H2,1-2H3. The van der Waals surface area contributed by atoms with Crippen LogP contribution in [0.4, 0.5) is 4.39 Å². The van der Waals surface area contributed by atoms with Gasteiger partial charge in [0.05, 0.1) is 10.7 Å². The number of rotatable bonds is 5. The van der Waals surface area contributed by atoms with Gasteiger partial charge in [-0.3, -0.25) is 0 Å². The quantitative estimate of drug-likeness (QED) is 0.887. The van der Waals surface area contributed by atoms with Crippen LogP contribution in [0.3, 0.4) is 0 Å². The minimum absolute atomic E-state index is 0.191. The van der Waals surface area contributed by atoms with Crippen LogP contribution in [0.1, 0.15) is 35.7 Å². The first-order valence-corrected chi connectivity index (χ1v) is 6.97. The summed E-state index contributed by atoms with van der Waals surface area (Å²) in [7, 11) is 0. The van der Waals surface area contributed by atoms with E-state index in [-0.39, 0.29) is 11.9 Å². The van der Waals surface area contributed by atoms with Crippen molar-refractivity contribution in [2.24, 2.45) is 0 Å². The van der Waals surface area contributed by atoms with Crippen LogP contribution >= 0.6 is 11.3 Å². The molecular formula is C14H17FN2S. The van der Waals surface area contributed by atoms with E-state index < -0.39 is 0 Å². The number of thiazole rings is 1. The van der Waals surface area contributed by atoms with Gasteiger partial charge in [-0.05, 0) is 31.0 Å². The number of aryl methyl sites for hydroxylation is 1. The number of benzene rings is 1. The minimum atomic E-state index is -0.191. The highest BCUT2D eigenvalue weighted by molar-refractivity contribution is 7.09. The maximum atomic E-state index is 12.9. The third-order valence-electron chi connectivity index (χ3n) is 2.88. The zero-order valence-electron chi connectivity index (χ0n) is 10.6. The van der Waals surface area contributed by atoms with Crippen molar-refractivity contribution in [2.45, 2.75) is 32.9 Å². The van der Waals surface area contributed by atoms with E-state index in [4.69, 9.17) is 0 Å². The fourth-order valence-corrected chi connectivity index (χ4v) is 2.52. The summed E-state index contributed by atoms with van der Waals surface area (Å²) >= 11 is 1.66. The number of nitrogens with zero attached hydrogens (tertiary/aromatic N) is 1. The molecule has 1 unspecified atom stereocenters. The predicted molar refractivity (Wildman–Crippen MR) is 73.1 cm³/mol. The van der Waals surface area contributed by atoms with Crippen molar-refractivity contribution in [2.75, 3.05) is 0 Å². The first-order chi connectivity index (χ1) is 8.69. The van der Waals surface area contributed by atoms with Gasteiger partial charge in [0.1, 0.15) is 5.82 Å². The Morgan fingerprint density at radius 3 is 2.61 bits per heavy atom. The molecule has 2 nitrogen and oxygen atoms in total. The van der Waals surface area contributed by atoms with Crippen LogP contribution < -0.4 is 5.32 Å². The van der Waals surface area contributed by atoms with Crippen molar-refractivity contribution >= 4 is 11.3 Å². The molecule has 0 amide bonds. The summed E-state index contributed by atoms with van der Waals surface area (Å²) in [5.41, 5.74) is 2.18. The summed E-state index contributed by atoms with van der Waals surface area (Å²) in [6.07, 6.45) is 0.967. The molecule has 2 rings (SSSR count). The average molecular weight is 264 g/mol. The monoisotopic (exact) mass is 264 g/mol. The SMILES string of the molecule is CCC(NCc1csc(C)n1)c1ccc(F)cc1. The summed E-state index contributed by atoms with van der Waals surface area (Å²) in [5, 5.41) is 6.61. The smallest absolute Gasteiger partial charge is 0.123 e. The van der Waals surface area contributed by atoms with Crippen molar-refractivity contribution in [3.8, 4) is 0 Å². The van der Waals surface area contributed by atoms with Crippen LogP contribution in [0, 0.1) is 12.7 Å². The Hall–Kier alpha value is -1.26. The lowest BCUT2D eigenvalue weighted by Crippen LogP contribution is -2.20. The fourth-order valence-electron chi connectivity index (χ4n) is 1.91. The Morgan fingerprint density at radius 1 is 1.33 bits per heavy atom. The van der Waals surface area contributed by atoms with E-state index >= 15 is 0 Å². The topological polar surface area (TPSA) is 24.9 Å². The summed E-state index contributed by atoms with van der Waals surface area (Å²) in [6, 6.07) is 6.93. The summed E-state index contributed by atoms with van der Waals surface area (Å²) in [5.74, 6) is -0.191. The molecule has 0 aliphatic carbocycles. The lowest BCUT2D eigenvalue weighted by atomic mass is 10.0. The minimum Gasteiger partial charge on any atom is -0.304 e. The Bertz CT molecular complexity index is 493. The molecule has 0 saturated heterocycles. The van der Waals surface area contributed by atoms with Crippen molar-refractivity contribution in [1.82, 2.24) is 10.3 Å². The van der Waals surface area contributed by atoms with Gasteiger partial charge in [-0.2, -0.15) is 0 Å². The first kappa shape index (κ1) is 13.2. The van der Waals surface area contributed by atoms with Crippen LogP contribution in [0.25, 0.3) is 0 Å². The number of nitrogens with one attached hydrogen (secondary N) is 1. The van der Waals surface area contributed by atoms with Crippen molar-refractivity contribution in [3.05, 3.63) is 51.7 Å². The van der Waals surface area contributed by atoms with Crippen LogP contribution in [0.5, 0.6) is 0 Å². The molecule has 4 heteroatoms. The van der Waals surface area contributed by atoms with Crippen molar-refractivity contribution < 1.29 is 4.39 Å². The third-order valence-corrected chi connectivity index (χ3v) is 3.70. The molecule has 0 saturated carbocycles. The van der Waals surface area contributed by atoms with Crippen LogP contribution in [0.15, 0.2) is 29.6 Å². The lowest BCUT2D eigenvalue weighted by molar-refractivity contribution is 0.513. The van der Waals surface area contributed by atoms with Gasteiger partial charge < -0.3 is 5.32 Å². The van der Waals surface area contributed by atoms with E-state index in [1.165, 1.54) is 12.1 Å². The van der Waals surface area contributed by atoms with Gasteiger partial charge >= 0.3 is 0 Å². The highest BCUT2D eigenvalue weighted by atomic mass is 32.1. The zero-order valence-corrected chi connectivity index (χ0v) is 11.4. The molecular weight excluding hydrogens is 247 g/mol. The van der Waals surface area contributed by atoms with Gasteiger partial charge in [0.25, 0.3) is 0 Å². The average Bonchev–Trinajstić information content (AvgIpc) is 2.78. The van der Waals surface area contributed by atoms with Crippen LogP contribution in [0.2, 0.25) is 0 Å².